The highest BCUT2D eigenvalue weighted by Crippen LogP contribution is 2.32. The predicted octanol–water partition coefficient (Wildman–Crippen LogP) is 4.25. The van der Waals surface area contributed by atoms with Crippen LogP contribution in [0.2, 0.25) is 0 Å². The van der Waals surface area contributed by atoms with Gasteiger partial charge in [-0.05, 0) is 29.8 Å². The van der Waals surface area contributed by atoms with Gasteiger partial charge in [0.15, 0.2) is 0 Å². The predicted molar refractivity (Wildman–Crippen MR) is 97.4 cm³/mol. The molecule has 29 heavy (non-hydrogen) atoms. The molecule has 6 nitrogen and oxygen atoms in total. The molecule has 1 amide bonds. The van der Waals surface area contributed by atoms with Crippen LogP contribution in [0.4, 0.5) is 29.2 Å². The number of aromatic amines is 1. The third kappa shape index (κ3) is 4.84. The number of aromatic nitrogens is 2. The van der Waals surface area contributed by atoms with Crippen molar-refractivity contribution < 1.29 is 27.1 Å². The third-order valence-corrected chi connectivity index (χ3v) is 3.97. The minimum Gasteiger partial charge on any atom is -0.495 e. The average Bonchev–Trinajstić information content (AvgIpc) is 3.15. The van der Waals surface area contributed by atoms with E-state index < -0.39 is 23.5 Å². The second-order valence-corrected chi connectivity index (χ2v) is 5.97. The number of benzene rings is 2. The smallest absolute Gasteiger partial charge is 0.419 e. The first-order valence-electron chi connectivity index (χ1n) is 8.37. The molecule has 0 aliphatic rings. The summed E-state index contributed by atoms with van der Waals surface area (Å²) in [6.07, 6.45) is -3.54. The van der Waals surface area contributed by atoms with Gasteiger partial charge in [0.2, 0.25) is 5.95 Å². The zero-order valence-electron chi connectivity index (χ0n) is 15.1. The van der Waals surface area contributed by atoms with Gasteiger partial charge in [-0.2, -0.15) is 13.2 Å². The summed E-state index contributed by atoms with van der Waals surface area (Å²) in [5, 5.41) is 5.43. The number of halogens is 4. The molecule has 0 radical (unpaired) electrons. The summed E-state index contributed by atoms with van der Waals surface area (Å²) < 4.78 is 56.9. The van der Waals surface area contributed by atoms with E-state index in [0.29, 0.717) is 17.5 Å². The van der Waals surface area contributed by atoms with Crippen molar-refractivity contribution in [2.24, 2.45) is 0 Å². The first-order valence-corrected chi connectivity index (χ1v) is 8.37. The van der Waals surface area contributed by atoms with Crippen LogP contribution < -0.4 is 15.4 Å². The Labute approximate surface area is 162 Å². The Morgan fingerprint density at radius 1 is 1.21 bits per heavy atom. The highest BCUT2D eigenvalue weighted by Gasteiger charge is 2.34. The van der Waals surface area contributed by atoms with E-state index in [-0.39, 0.29) is 23.8 Å². The van der Waals surface area contributed by atoms with E-state index in [1.54, 1.807) is 24.3 Å². The van der Waals surface area contributed by atoms with Crippen molar-refractivity contribution in [3.8, 4) is 5.75 Å². The fourth-order valence-electron chi connectivity index (χ4n) is 2.55. The molecule has 3 aromatic rings. The van der Waals surface area contributed by atoms with Gasteiger partial charge in [0, 0.05) is 6.54 Å². The first kappa shape index (κ1) is 20.2. The molecule has 3 rings (SSSR count). The summed E-state index contributed by atoms with van der Waals surface area (Å²) in [4.78, 5) is 19.0. The molecule has 0 saturated heterocycles. The zero-order valence-corrected chi connectivity index (χ0v) is 15.1. The van der Waals surface area contributed by atoms with Crippen molar-refractivity contribution in [2.75, 3.05) is 12.4 Å². The molecule has 0 atom stereocenters. The Balaban J connectivity index is 1.65. The normalized spacial score (nSPS) is 11.2. The van der Waals surface area contributed by atoms with Crippen LogP contribution >= 0.6 is 0 Å². The lowest BCUT2D eigenvalue weighted by Crippen LogP contribution is -2.23. The lowest BCUT2D eigenvalue weighted by Gasteiger charge is -2.10. The second kappa shape index (κ2) is 8.21. The van der Waals surface area contributed by atoms with Crippen molar-refractivity contribution >= 4 is 17.5 Å². The highest BCUT2D eigenvalue weighted by atomic mass is 19.4. The van der Waals surface area contributed by atoms with E-state index in [0.717, 1.165) is 6.07 Å². The van der Waals surface area contributed by atoms with E-state index in [4.69, 9.17) is 4.74 Å². The van der Waals surface area contributed by atoms with Crippen molar-refractivity contribution in [3.63, 3.8) is 0 Å². The van der Waals surface area contributed by atoms with E-state index in [9.17, 15) is 22.4 Å². The lowest BCUT2D eigenvalue weighted by molar-refractivity contribution is -0.140. The molecule has 0 fully saturated rings. The molecule has 0 aliphatic carbocycles. The standard InChI is InChI=1S/C19H16F4N4O2/c1-29-16-5-3-2-4-14(16)26-18-25-10-15(27-18)17(28)24-9-11-6-7-13(20)12(8-11)19(21,22)23/h2-8,10H,9H2,1H3,(H,24,28)(H2,25,26,27). The van der Waals surface area contributed by atoms with Crippen molar-refractivity contribution in [1.29, 1.82) is 0 Å². The monoisotopic (exact) mass is 408 g/mol. The van der Waals surface area contributed by atoms with Gasteiger partial charge >= 0.3 is 6.18 Å². The molecular formula is C19H16F4N4O2. The number of methoxy groups -OCH3 is 1. The number of hydrogen-bond donors (Lipinski definition) is 3. The van der Waals surface area contributed by atoms with Crippen LogP contribution in [0.3, 0.4) is 0 Å². The van der Waals surface area contributed by atoms with Crippen LogP contribution in [0.15, 0.2) is 48.7 Å². The largest absolute Gasteiger partial charge is 0.495 e. The Morgan fingerprint density at radius 3 is 2.69 bits per heavy atom. The summed E-state index contributed by atoms with van der Waals surface area (Å²) in [7, 11) is 1.52. The van der Waals surface area contributed by atoms with Crippen LogP contribution in [-0.2, 0) is 12.7 Å². The number of hydrogen-bond acceptors (Lipinski definition) is 4. The number of H-pyrrole nitrogens is 1. The fraction of sp³-hybridized carbons (Fsp3) is 0.158. The molecule has 152 valence electrons. The number of ether oxygens (including phenoxy) is 1. The summed E-state index contributed by atoms with van der Waals surface area (Å²) in [5.41, 5.74) is -0.545. The summed E-state index contributed by atoms with van der Waals surface area (Å²) in [5.74, 6) is -1.09. The third-order valence-electron chi connectivity index (χ3n) is 3.97. The van der Waals surface area contributed by atoms with Crippen molar-refractivity contribution in [2.45, 2.75) is 12.7 Å². The molecule has 3 N–H and O–H groups in total. The maximum absolute atomic E-state index is 13.3. The molecule has 0 aliphatic heterocycles. The van der Waals surface area contributed by atoms with Crippen LogP contribution in [-0.4, -0.2) is 23.0 Å². The first-order chi connectivity index (χ1) is 13.8. The quantitative estimate of drug-likeness (QED) is 0.533. The van der Waals surface area contributed by atoms with Gasteiger partial charge in [0.25, 0.3) is 5.91 Å². The molecule has 0 bridgehead atoms. The van der Waals surface area contributed by atoms with Gasteiger partial charge in [0.1, 0.15) is 17.3 Å². The maximum Gasteiger partial charge on any atom is 0.419 e. The van der Waals surface area contributed by atoms with Crippen LogP contribution in [0, 0.1) is 5.82 Å². The van der Waals surface area contributed by atoms with Gasteiger partial charge < -0.3 is 20.4 Å². The summed E-state index contributed by atoms with van der Waals surface area (Å²) >= 11 is 0. The molecule has 2 aromatic carbocycles. The lowest BCUT2D eigenvalue weighted by atomic mass is 10.1. The molecule has 0 unspecified atom stereocenters. The molecule has 0 saturated carbocycles. The number of para-hydroxylation sites is 2. The Bertz CT molecular complexity index is 1020. The van der Waals surface area contributed by atoms with E-state index in [2.05, 4.69) is 20.6 Å². The number of carbonyl (C=O) groups is 1. The fourth-order valence-corrected chi connectivity index (χ4v) is 2.55. The molecule has 0 spiro atoms. The second-order valence-electron chi connectivity index (χ2n) is 5.97. The number of imidazole rings is 1. The van der Waals surface area contributed by atoms with Crippen LogP contribution in [0.1, 0.15) is 21.6 Å². The summed E-state index contributed by atoms with van der Waals surface area (Å²) in [6, 6.07) is 9.65. The average molecular weight is 408 g/mol. The van der Waals surface area contributed by atoms with Gasteiger partial charge in [-0.1, -0.05) is 18.2 Å². The minimum absolute atomic E-state index is 0.0977. The number of nitrogens with zero attached hydrogens (tertiary/aromatic N) is 1. The van der Waals surface area contributed by atoms with E-state index in [1.807, 2.05) is 0 Å². The molecule has 10 heteroatoms. The van der Waals surface area contributed by atoms with Gasteiger partial charge in [-0.15, -0.1) is 0 Å². The molecule has 1 heterocycles. The topological polar surface area (TPSA) is 79.0 Å². The number of anilines is 2. The van der Waals surface area contributed by atoms with Gasteiger partial charge in [-0.25, -0.2) is 9.37 Å². The highest BCUT2D eigenvalue weighted by molar-refractivity contribution is 5.92. The van der Waals surface area contributed by atoms with Crippen molar-refractivity contribution in [3.05, 3.63) is 71.3 Å². The zero-order chi connectivity index (χ0) is 21.0. The molecular weight excluding hydrogens is 392 g/mol. The van der Waals surface area contributed by atoms with Crippen LogP contribution in [0.5, 0.6) is 5.75 Å². The minimum atomic E-state index is -4.81. The Morgan fingerprint density at radius 2 is 1.97 bits per heavy atom. The van der Waals surface area contributed by atoms with Gasteiger partial charge in [-0.3, -0.25) is 4.79 Å². The number of carbonyl (C=O) groups excluding carboxylic acids is 1. The maximum atomic E-state index is 13.3. The van der Waals surface area contributed by atoms with Gasteiger partial charge in [0.05, 0.1) is 24.6 Å². The van der Waals surface area contributed by atoms with E-state index in [1.165, 1.54) is 19.4 Å². The van der Waals surface area contributed by atoms with Crippen LogP contribution in [0.25, 0.3) is 0 Å². The Hall–Kier alpha value is -3.56. The SMILES string of the molecule is COc1ccccc1Nc1ncc(C(=O)NCc2ccc(F)c(C(F)(F)F)c2)[nH]1. The number of nitrogens with one attached hydrogen (secondary N) is 3. The number of alkyl halides is 3. The Kier molecular flexibility index (Phi) is 5.71. The number of rotatable bonds is 6. The number of amides is 1. The van der Waals surface area contributed by atoms with E-state index >= 15 is 0 Å². The van der Waals surface area contributed by atoms with Crippen molar-refractivity contribution in [1.82, 2.24) is 15.3 Å². The molecule has 1 aromatic heterocycles. The summed E-state index contributed by atoms with van der Waals surface area (Å²) in [6.45, 7) is -0.212.